The minimum Gasteiger partial charge on any atom is -0.492 e. The van der Waals surface area contributed by atoms with Crippen molar-refractivity contribution in [3.63, 3.8) is 0 Å². The van der Waals surface area contributed by atoms with Gasteiger partial charge in [0.25, 0.3) is 0 Å². The van der Waals surface area contributed by atoms with Crippen LogP contribution in [-0.4, -0.2) is 69.1 Å². The van der Waals surface area contributed by atoms with Crippen LogP contribution >= 0.6 is 11.3 Å². The quantitative estimate of drug-likeness (QED) is 0.514. The van der Waals surface area contributed by atoms with Crippen LogP contribution in [0.4, 0.5) is 4.39 Å². The van der Waals surface area contributed by atoms with Gasteiger partial charge in [-0.05, 0) is 42.1 Å². The van der Waals surface area contributed by atoms with Crippen molar-refractivity contribution in [1.82, 2.24) is 15.1 Å². The minimum absolute atomic E-state index is 0.0616. The molecule has 1 aromatic heterocycles. The van der Waals surface area contributed by atoms with Crippen LogP contribution in [0.25, 0.3) is 0 Å². The monoisotopic (exact) mass is 406 g/mol. The molecular weight excluding hydrogens is 379 g/mol. The lowest BCUT2D eigenvalue weighted by Crippen LogP contribution is -2.42. The number of rotatable bonds is 9. The Bertz CT molecular complexity index is 748. The first-order chi connectivity index (χ1) is 13.5. The summed E-state index contributed by atoms with van der Waals surface area (Å²) in [5.74, 6) is 0.907. The number of nitrogens with one attached hydrogen (secondary N) is 1. The normalized spacial score (nSPS) is 11.2. The first-order valence-electron chi connectivity index (χ1n) is 9.06. The molecule has 0 atom stereocenters. The summed E-state index contributed by atoms with van der Waals surface area (Å²) in [5.41, 5.74) is 0. The highest BCUT2D eigenvalue weighted by molar-refractivity contribution is 7.09. The number of halogens is 1. The van der Waals surface area contributed by atoms with E-state index in [2.05, 4.69) is 21.8 Å². The molecule has 8 heteroatoms. The Morgan fingerprint density at radius 1 is 1.21 bits per heavy atom. The molecule has 6 nitrogen and oxygen atoms in total. The van der Waals surface area contributed by atoms with Gasteiger partial charge in [0.05, 0.1) is 6.54 Å². The Morgan fingerprint density at radius 2 is 1.96 bits per heavy atom. The molecule has 152 valence electrons. The van der Waals surface area contributed by atoms with Crippen LogP contribution < -0.4 is 10.1 Å². The average molecular weight is 407 g/mol. The zero-order valence-electron chi connectivity index (χ0n) is 16.5. The van der Waals surface area contributed by atoms with E-state index in [0.717, 1.165) is 13.0 Å². The number of amides is 1. The van der Waals surface area contributed by atoms with Crippen molar-refractivity contribution in [1.29, 1.82) is 0 Å². The predicted octanol–water partition coefficient (Wildman–Crippen LogP) is 2.47. The molecule has 0 saturated carbocycles. The molecule has 1 N–H and O–H groups in total. The molecular formula is C20H27FN4O2S. The zero-order valence-corrected chi connectivity index (χ0v) is 17.3. The summed E-state index contributed by atoms with van der Waals surface area (Å²) in [6.07, 6.45) is 0.887. The van der Waals surface area contributed by atoms with Crippen LogP contribution in [0.2, 0.25) is 0 Å². The number of carbonyl (C=O) groups is 1. The Labute approximate surface area is 169 Å². The van der Waals surface area contributed by atoms with Gasteiger partial charge in [-0.15, -0.1) is 11.3 Å². The fourth-order valence-corrected chi connectivity index (χ4v) is 2.99. The summed E-state index contributed by atoms with van der Waals surface area (Å²) < 4.78 is 18.6. The van der Waals surface area contributed by atoms with Gasteiger partial charge in [0.15, 0.2) is 5.96 Å². The highest BCUT2D eigenvalue weighted by Gasteiger charge is 2.09. The molecule has 2 rings (SSSR count). The van der Waals surface area contributed by atoms with Gasteiger partial charge >= 0.3 is 0 Å². The number of benzene rings is 1. The predicted molar refractivity (Wildman–Crippen MR) is 112 cm³/mol. The number of carbonyl (C=O) groups excluding carboxylic acids is 1. The van der Waals surface area contributed by atoms with Gasteiger partial charge in [0.1, 0.15) is 24.7 Å². The minimum atomic E-state index is -0.292. The number of thiophene rings is 1. The van der Waals surface area contributed by atoms with Crippen molar-refractivity contribution >= 4 is 23.2 Å². The molecule has 0 aliphatic heterocycles. The molecule has 0 saturated heterocycles. The molecule has 1 aromatic carbocycles. The fourth-order valence-electron chi connectivity index (χ4n) is 2.28. The summed E-state index contributed by atoms with van der Waals surface area (Å²) >= 11 is 1.72. The summed E-state index contributed by atoms with van der Waals surface area (Å²) in [5, 5.41) is 5.37. The molecule has 1 heterocycles. The number of likely N-dealkylation sites (N-methyl/N-ethyl adjacent to an activating group) is 2. The number of nitrogens with zero attached hydrogens (tertiary/aromatic N) is 3. The Morgan fingerprint density at radius 3 is 2.61 bits per heavy atom. The van der Waals surface area contributed by atoms with E-state index in [-0.39, 0.29) is 18.3 Å². The molecule has 0 aliphatic carbocycles. The van der Waals surface area contributed by atoms with Crippen molar-refractivity contribution in [2.24, 2.45) is 4.99 Å². The molecule has 0 unspecified atom stereocenters. The number of aliphatic imine (C=N–C) groups is 1. The van der Waals surface area contributed by atoms with E-state index < -0.39 is 0 Å². The standard InChI is InChI=1S/C20H27FN4O2S/c1-24(2)19(26)15-23-20(22-11-10-18-5-4-14-28-18)25(3)12-13-27-17-8-6-16(21)7-9-17/h4-9,14H,10-13,15H2,1-3H3,(H,22,23). The summed E-state index contributed by atoms with van der Waals surface area (Å²) in [6, 6.07) is 10.1. The van der Waals surface area contributed by atoms with Gasteiger partial charge < -0.3 is 19.9 Å². The first kappa shape index (κ1) is 21.7. The van der Waals surface area contributed by atoms with Gasteiger partial charge in [-0.2, -0.15) is 0 Å². The molecule has 2 aromatic rings. The highest BCUT2D eigenvalue weighted by atomic mass is 32.1. The summed E-state index contributed by atoms with van der Waals surface area (Å²) in [7, 11) is 5.31. The van der Waals surface area contributed by atoms with Crippen LogP contribution in [0.15, 0.2) is 46.8 Å². The third-order valence-corrected chi connectivity index (χ3v) is 4.90. The zero-order chi connectivity index (χ0) is 20.4. The molecule has 28 heavy (non-hydrogen) atoms. The van der Waals surface area contributed by atoms with Crippen LogP contribution in [0, 0.1) is 5.82 Å². The van der Waals surface area contributed by atoms with Crippen molar-refractivity contribution in [2.75, 3.05) is 47.4 Å². The maximum atomic E-state index is 13.0. The molecule has 0 radical (unpaired) electrons. The van der Waals surface area contributed by atoms with E-state index in [1.165, 1.54) is 21.9 Å². The highest BCUT2D eigenvalue weighted by Crippen LogP contribution is 2.11. The average Bonchev–Trinajstić information content (AvgIpc) is 3.19. The van der Waals surface area contributed by atoms with Crippen LogP contribution in [0.1, 0.15) is 4.88 Å². The second-order valence-electron chi connectivity index (χ2n) is 6.41. The molecule has 0 aliphatic rings. The number of hydrogen-bond acceptors (Lipinski definition) is 4. The van der Waals surface area contributed by atoms with Crippen molar-refractivity contribution in [2.45, 2.75) is 6.42 Å². The van der Waals surface area contributed by atoms with E-state index in [1.54, 1.807) is 37.6 Å². The van der Waals surface area contributed by atoms with E-state index in [9.17, 15) is 9.18 Å². The second-order valence-corrected chi connectivity index (χ2v) is 7.44. The van der Waals surface area contributed by atoms with Gasteiger partial charge in [-0.3, -0.25) is 4.79 Å². The van der Waals surface area contributed by atoms with Crippen LogP contribution in [0.5, 0.6) is 5.75 Å². The van der Waals surface area contributed by atoms with Gasteiger partial charge in [-0.25, -0.2) is 9.38 Å². The van der Waals surface area contributed by atoms with Crippen molar-refractivity contribution in [3.05, 3.63) is 52.5 Å². The van der Waals surface area contributed by atoms with Gasteiger partial charge in [0.2, 0.25) is 5.91 Å². The molecule has 0 fully saturated rings. The smallest absolute Gasteiger partial charge is 0.243 e. The number of ether oxygens (including phenoxy) is 1. The van der Waals surface area contributed by atoms with Crippen LogP contribution in [0.3, 0.4) is 0 Å². The van der Waals surface area contributed by atoms with Crippen molar-refractivity contribution < 1.29 is 13.9 Å². The third-order valence-electron chi connectivity index (χ3n) is 3.97. The number of guanidine groups is 1. The van der Waals surface area contributed by atoms with E-state index >= 15 is 0 Å². The lowest BCUT2D eigenvalue weighted by atomic mass is 10.3. The van der Waals surface area contributed by atoms with E-state index in [0.29, 0.717) is 24.9 Å². The van der Waals surface area contributed by atoms with Crippen molar-refractivity contribution in [3.8, 4) is 5.75 Å². The maximum Gasteiger partial charge on any atom is 0.243 e. The Hall–Kier alpha value is -2.61. The maximum absolute atomic E-state index is 13.0. The second kappa shape index (κ2) is 11.3. The Kier molecular flexibility index (Phi) is 8.74. The van der Waals surface area contributed by atoms with E-state index in [4.69, 9.17) is 4.74 Å². The van der Waals surface area contributed by atoms with E-state index in [1.807, 2.05) is 18.0 Å². The number of hydrogen-bond donors (Lipinski definition) is 1. The SMILES string of the molecule is CN(C)C(=O)CN=C(NCCc1cccs1)N(C)CCOc1ccc(F)cc1. The van der Waals surface area contributed by atoms with Gasteiger partial charge in [0, 0.05) is 32.6 Å². The van der Waals surface area contributed by atoms with Gasteiger partial charge in [-0.1, -0.05) is 6.07 Å². The fraction of sp³-hybridized carbons (Fsp3) is 0.400. The lowest BCUT2D eigenvalue weighted by Gasteiger charge is -2.23. The molecule has 0 bridgehead atoms. The molecule has 1 amide bonds. The summed E-state index contributed by atoms with van der Waals surface area (Å²) in [4.78, 5) is 21.0. The third kappa shape index (κ3) is 7.56. The molecule has 0 spiro atoms. The summed E-state index contributed by atoms with van der Waals surface area (Å²) in [6.45, 7) is 1.78. The topological polar surface area (TPSA) is 57.2 Å². The largest absolute Gasteiger partial charge is 0.492 e. The van der Waals surface area contributed by atoms with Crippen LogP contribution in [-0.2, 0) is 11.2 Å². The first-order valence-corrected chi connectivity index (χ1v) is 9.94. The lowest BCUT2D eigenvalue weighted by molar-refractivity contribution is -0.127. The Balaban J connectivity index is 1.88.